The summed E-state index contributed by atoms with van der Waals surface area (Å²) in [5.41, 5.74) is 6.21. The van der Waals surface area contributed by atoms with Gasteiger partial charge in [-0.05, 0) is 27.6 Å². The number of rotatable bonds is 2. The Bertz CT molecular complexity index is 833. The zero-order valence-electron chi connectivity index (χ0n) is 12.1. The van der Waals surface area contributed by atoms with E-state index in [4.69, 9.17) is 5.73 Å². The molecule has 1 aliphatic heterocycles. The van der Waals surface area contributed by atoms with Crippen LogP contribution in [0, 0.1) is 0 Å². The molecule has 2 nitrogen and oxygen atoms in total. The minimum Gasteiger partial charge on any atom is -0.393 e. The van der Waals surface area contributed by atoms with Gasteiger partial charge in [0.05, 0.1) is 21.4 Å². The molecule has 124 valence electrons. The van der Waals surface area contributed by atoms with E-state index in [0.29, 0.717) is 0 Å². The summed E-state index contributed by atoms with van der Waals surface area (Å²) in [7, 11) is 0. The highest BCUT2D eigenvalue weighted by atomic mass is 79.9. The quantitative estimate of drug-likeness (QED) is 0.739. The van der Waals surface area contributed by atoms with Gasteiger partial charge in [0.15, 0.2) is 5.78 Å². The predicted molar refractivity (Wildman–Crippen MR) is 92.0 cm³/mol. The van der Waals surface area contributed by atoms with Crippen molar-refractivity contribution in [3.63, 3.8) is 0 Å². The number of carbonyl (C=O) groups excluding carboxylic acids is 1. The number of thioether (sulfide) groups is 1. The van der Waals surface area contributed by atoms with Crippen molar-refractivity contribution in [2.45, 2.75) is 11.4 Å². The predicted octanol–water partition coefficient (Wildman–Crippen LogP) is 5.15. The fraction of sp³-hybridized carbons (Fsp3) is 0.118. The van der Waals surface area contributed by atoms with Crippen LogP contribution >= 0.6 is 27.7 Å². The van der Waals surface area contributed by atoms with Crippen molar-refractivity contribution in [1.82, 2.24) is 0 Å². The van der Waals surface area contributed by atoms with Crippen LogP contribution in [0.5, 0.6) is 0 Å². The van der Waals surface area contributed by atoms with Crippen molar-refractivity contribution < 1.29 is 18.0 Å². The molecule has 2 aromatic rings. The van der Waals surface area contributed by atoms with Crippen molar-refractivity contribution in [3.8, 4) is 0 Å². The van der Waals surface area contributed by atoms with Crippen molar-refractivity contribution in [2.75, 3.05) is 0 Å². The standard InChI is InChI=1S/C17H11BrF3NOS/c18-13-10(7-4-8-11(13)17(19,20)21)12-14(23)15(24-16(12)22)9-5-2-1-3-6-9/h1-8,15H,22H2. The van der Waals surface area contributed by atoms with Gasteiger partial charge in [0.1, 0.15) is 0 Å². The van der Waals surface area contributed by atoms with E-state index in [2.05, 4.69) is 15.9 Å². The SMILES string of the molecule is NC1=C(c2cccc(C(F)(F)F)c2Br)C(=O)C(c2ccccc2)S1. The van der Waals surface area contributed by atoms with Gasteiger partial charge in [0, 0.05) is 10.0 Å². The Morgan fingerprint density at radius 3 is 2.33 bits per heavy atom. The summed E-state index contributed by atoms with van der Waals surface area (Å²) >= 11 is 4.14. The second-order valence-electron chi connectivity index (χ2n) is 5.18. The van der Waals surface area contributed by atoms with E-state index >= 15 is 0 Å². The average Bonchev–Trinajstić information content (AvgIpc) is 2.82. The van der Waals surface area contributed by atoms with E-state index < -0.39 is 17.0 Å². The normalized spacial score (nSPS) is 18.3. The van der Waals surface area contributed by atoms with E-state index in [1.807, 2.05) is 6.07 Å². The smallest absolute Gasteiger partial charge is 0.393 e. The van der Waals surface area contributed by atoms with Crippen molar-refractivity contribution >= 4 is 39.0 Å². The van der Waals surface area contributed by atoms with E-state index in [9.17, 15) is 18.0 Å². The zero-order chi connectivity index (χ0) is 17.5. The number of carbonyl (C=O) groups is 1. The van der Waals surface area contributed by atoms with E-state index in [0.717, 1.165) is 23.4 Å². The number of ketones is 1. The molecule has 24 heavy (non-hydrogen) atoms. The molecular weight excluding hydrogens is 403 g/mol. The third kappa shape index (κ3) is 2.98. The number of halogens is 4. The van der Waals surface area contributed by atoms with Gasteiger partial charge in [0.2, 0.25) is 0 Å². The van der Waals surface area contributed by atoms with Gasteiger partial charge in [-0.15, -0.1) is 0 Å². The largest absolute Gasteiger partial charge is 0.417 e. The van der Waals surface area contributed by atoms with Crippen LogP contribution in [-0.2, 0) is 11.0 Å². The molecule has 1 heterocycles. The Morgan fingerprint density at radius 1 is 1.04 bits per heavy atom. The summed E-state index contributed by atoms with van der Waals surface area (Å²) in [4.78, 5) is 12.8. The summed E-state index contributed by atoms with van der Waals surface area (Å²) < 4.78 is 39.1. The fourth-order valence-electron chi connectivity index (χ4n) is 2.55. The molecule has 3 rings (SSSR count). The lowest BCUT2D eigenvalue weighted by Crippen LogP contribution is -2.10. The maximum Gasteiger partial charge on any atom is 0.417 e. The molecule has 0 radical (unpaired) electrons. The van der Waals surface area contributed by atoms with Gasteiger partial charge in [0.25, 0.3) is 0 Å². The molecule has 0 amide bonds. The summed E-state index contributed by atoms with van der Waals surface area (Å²) in [6, 6.07) is 12.7. The summed E-state index contributed by atoms with van der Waals surface area (Å²) in [5, 5.41) is -0.309. The Morgan fingerprint density at radius 2 is 1.71 bits per heavy atom. The molecule has 0 aromatic heterocycles. The Hall–Kier alpha value is -1.73. The summed E-state index contributed by atoms with van der Waals surface area (Å²) in [6.45, 7) is 0. The Balaban J connectivity index is 2.05. The number of benzene rings is 2. The Labute approximate surface area is 149 Å². The van der Waals surface area contributed by atoms with Crippen molar-refractivity contribution in [1.29, 1.82) is 0 Å². The number of Topliss-reactive ketones (excluding diaryl/α,β-unsaturated/α-hetero) is 1. The molecule has 2 aromatic carbocycles. The Kier molecular flexibility index (Phi) is 4.48. The molecule has 1 unspecified atom stereocenters. The molecule has 0 aliphatic carbocycles. The van der Waals surface area contributed by atoms with E-state index in [1.54, 1.807) is 24.3 Å². The topological polar surface area (TPSA) is 43.1 Å². The molecule has 1 atom stereocenters. The molecule has 2 N–H and O–H groups in total. The second-order valence-corrected chi connectivity index (χ2v) is 7.12. The average molecular weight is 414 g/mol. The first-order chi connectivity index (χ1) is 11.3. The first-order valence-corrected chi connectivity index (χ1v) is 8.59. The maximum absolute atomic E-state index is 13.1. The number of allylic oxidation sites excluding steroid dienone is 1. The molecular formula is C17H11BrF3NOS. The first-order valence-electron chi connectivity index (χ1n) is 6.92. The molecule has 1 aliphatic rings. The molecule has 0 spiro atoms. The lowest BCUT2D eigenvalue weighted by atomic mass is 9.96. The van der Waals surface area contributed by atoms with Crippen molar-refractivity contribution in [3.05, 3.63) is 74.7 Å². The second kappa shape index (κ2) is 6.29. The van der Waals surface area contributed by atoms with Crippen LogP contribution in [0.1, 0.15) is 21.9 Å². The molecule has 0 saturated carbocycles. The van der Waals surface area contributed by atoms with Gasteiger partial charge in [-0.25, -0.2) is 0 Å². The van der Waals surface area contributed by atoms with Gasteiger partial charge in [-0.3, -0.25) is 4.79 Å². The van der Waals surface area contributed by atoms with Gasteiger partial charge in [-0.1, -0.05) is 54.2 Å². The highest BCUT2D eigenvalue weighted by Crippen LogP contribution is 2.48. The maximum atomic E-state index is 13.1. The van der Waals surface area contributed by atoms with Gasteiger partial charge < -0.3 is 5.73 Å². The van der Waals surface area contributed by atoms with E-state index in [1.165, 1.54) is 12.1 Å². The number of hydrogen-bond donors (Lipinski definition) is 1. The molecule has 0 saturated heterocycles. The van der Waals surface area contributed by atoms with Crippen LogP contribution in [0.3, 0.4) is 0 Å². The van der Waals surface area contributed by atoms with Crippen LogP contribution in [0.15, 0.2) is 58.0 Å². The van der Waals surface area contributed by atoms with Crippen LogP contribution in [0.4, 0.5) is 13.2 Å². The molecule has 0 bridgehead atoms. The third-order valence-corrected chi connectivity index (χ3v) is 5.69. The first kappa shape index (κ1) is 17.1. The highest BCUT2D eigenvalue weighted by molar-refractivity contribution is 9.10. The highest BCUT2D eigenvalue weighted by Gasteiger charge is 2.38. The van der Waals surface area contributed by atoms with E-state index in [-0.39, 0.29) is 26.4 Å². The van der Waals surface area contributed by atoms with Gasteiger partial charge in [-0.2, -0.15) is 13.2 Å². The van der Waals surface area contributed by atoms with Gasteiger partial charge >= 0.3 is 6.18 Å². The van der Waals surface area contributed by atoms with Crippen LogP contribution in [0.2, 0.25) is 0 Å². The summed E-state index contributed by atoms with van der Waals surface area (Å²) in [6.07, 6.45) is -4.52. The summed E-state index contributed by atoms with van der Waals surface area (Å²) in [5.74, 6) is -0.288. The number of hydrogen-bond acceptors (Lipinski definition) is 3. The monoisotopic (exact) mass is 413 g/mol. The fourth-order valence-corrected chi connectivity index (χ4v) is 4.34. The van der Waals surface area contributed by atoms with Crippen molar-refractivity contribution in [2.24, 2.45) is 5.73 Å². The van der Waals surface area contributed by atoms with Crippen LogP contribution < -0.4 is 5.73 Å². The lowest BCUT2D eigenvalue weighted by Gasteiger charge is -2.13. The van der Waals surface area contributed by atoms with Crippen LogP contribution in [0.25, 0.3) is 5.57 Å². The molecule has 0 fully saturated rings. The zero-order valence-corrected chi connectivity index (χ0v) is 14.5. The number of alkyl halides is 3. The van der Waals surface area contributed by atoms with Crippen LogP contribution in [-0.4, -0.2) is 5.78 Å². The third-order valence-electron chi connectivity index (χ3n) is 3.65. The minimum absolute atomic E-state index is 0.131. The molecule has 7 heteroatoms. The lowest BCUT2D eigenvalue weighted by molar-refractivity contribution is -0.138. The minimum atomic E-state index is -4.52. The number of nitrogens with two attached hydrogens (primary N) is 1.